The molecule has 35 heavy (non-hydrogen) atoms. The number of carbonyl (C=O) groups is 1. The molecule has 2 saturated heterocycles. The van der Waals surface area contributed by atoms with E-state index < -0.39 is 11.9 Å². The van der Waals surface area contributed by atoms with Gasteiger partial charge in [-0.2, -0.15) is 0 Å². The smallest absolute Gasteiger partial charge is 0.254 e. The Morgan fingerprint density at radius 1 is 1.31 bits per heavy atom. The van der Waals surface area contributed by atoms with Gasteiger partial charge in [-0.05, 0) is 65.9 Å². The molecule has 2 aliphatic rings. The van der Waals surface area contributed by atoms with Gasteiger partial charge >= 0.3 is 0 Å². The summed E-state index contributed by atoms with van der Waals surface area (Å²) < 4.78 is 21.2. The Balaban J connectivity index is 1.82. The van der Waals surface area contributed by atoms with Crippen LogP contribution in [0.1, 0.15) is 65.5 Å². The molecular formula is C26H38Cl2N2O4S. The zero-order valence-corrected chi connectivity index (χ0v) is 23.7. The van der Waals surface area contributed by atoms with Crippen LogP contribution in [0.2, 0.25) is 10.0 Å². The molecule has 2 heterocycles. The number of carbonyl (C=O) groups excluding carboxylic acids is 1. The van der Waals surface area contributed by atoms with Gasteiger partial charge in [0, 0.05) is 35.5 Å². The Bertz CT molecular complexity index is 906. The SMILES string of the molecule is C=CCOc1cc(Cl)c(Cl)cc1C(NSC(C)(C)C)C1CCCN(C(=O)C2COC(C)(C)O2)CC1. The van der Waals surface area contributed by atoms with Crippen LogP contribution in [-0.4, -0.2) is 53.7 Å². The van der Waals surface area contributed by atoms with Gasteiger partial charge in [0.2, 0.25) is 0 Å². The normalized spacial score (nSPS) is 23.6. The zero-order chi connectivity index (χ0) is 25.8. The first-order valence-corrected chi connectivity index (χ1v) is 13.7. The molecule has 1 aromatic carbocycles. The number of hydrogen-bond acceptors (Lipinski definition) is 6. The van der Waals surface area contributed by atoms with Gasteiger partial charge in [-0.25, -0.2) is 0 Å². The van der Waals surface area contributed by atoms with Gasteiger partial charge in [0.25, 0.3) is 5.91 Å². The highest BCUT2D eigenvalue weighted by molar-refractivity contribution is 7.98. The predicted molar refractivity (Wildman–Crippen MR) is 144 cm³/mol. The summed E-state index contributed by atoms with van der Waals surface area (Å²) in [5.74, 6) is 0.253. The predicted octanol–water partition coefficient (Wildman–Crippen LogP) is 6.42. The highest BCUT2D eigenvalue weighted by atomic mass is 35.5. The van der Waals surface area contributed by atoms with E-state index in [1.54, 1.807) is 24.1 Å². The summed E-state index contributed by atoms with van der Waals surface area (Å²) >= 11 is 14.5. The number of amides is 1. The highest BCUT2D eigenvalue weighted by Crippen LogP contribution is 2.42. The van der Waals surface area contributed by atoms with Crippen LogP contribution in [0.4, 0.5) is 0 Å². The van der Waals surface area contributed by atoms with E-state index in [1.165, 1.54) is 0 Å². The first kappa shape index (κ1) is 28.6. The van der Waals surface area contributed by atoms with Crippen molar-refractivity contribution < 1.29 is 19.0 Å². The van der Waals surface area contributed by atoms with E-state index in [2.05, 4.69) is 32.1 Å². The average molecular weight is 546 g/mol. The molecule has 0 radical (unpaired) electrons. The summed E-state index contributed by atoms with van der Waals surface area (Å²) in [6.07, 6.45) is 3.87. The third-order valence-corrected chi connectivity index (χ3v) is 7.78. The van der Waals surface area contributed by atoms with Gasteiger partial charge in [0.1, 0.15) is 12.4 Å². The molecule has 3 unspecified atom stereocenters. The molecule has 1 N–H and O–H groups in total. The van der Waals surface area contributed by atoms with Gasteiger partial charge in [-0.15, -0.1) is 0 Å². The third kappa shape index (κ3) is 8.01. The lowest BCUT2D eigenvalue weighted by Gasteiger charge is -2.32. The Labute approximate surface area is 224 Å². The van der Waals surface area contributed by atoms with Gasteiger partial charge in [0.15, 0.2) is 11.9 Å². The summed E-state index contributed by atoms with van der Waals surface area (Å²) in [5, 5.41) is 0.947. The third-order valence-electron chi connectivity index (χ3n) is 6.08. The Kier molecular flexibility index (Phi) is 9.85. The fourth-order valence-corrected chi connectivity index (χ4v) is 5.53. The largest absolute Gasteiger partial charge is 0.489 e. The van der Waals surface area contributed by atoms with E-state index in [0.29, 0.717) is 42.1 Å². The van der Waals surface area contributed by atoms with Crippen molar-refractivity contribution in [1.29, 1.82) is 0 Å². The van der Waals surface area contributed by atoms with Crippen molar-refractivity contribution in [3.05, 3.63) is 40.4 Å². The lowest BCUT2D eigenvalue weighted by atomic mass is 9.87. The maximum absolute atomic E-state index is 13.1. The number of nitrogens with zero attached hydrogens (tertiary/aromatic N) is 1. The Hall–Kier alpha value is -0.960. The first-order chi connectivity index (χ1) is 16.4. The van der Waals surface area contributed by atoms with E-state index in [4.69, 9.17) is 37.4 Å². The average Bonchev–Trinajstić information content (AvgIpc) is 2.98. The monoisotopic (exact) mass is 544 g/mol. The Morgan fingerprint density at radius 3 is 2.66 bits per heavy atom. The van der Waals surface area contributed by atoms with Crippen molar-refractivity contribution in [3.8, 4) is 5.75 Å². The van der Waals surface area contributed by atoms with Crippen LogP contribution in [0.15, 0.2) is 24.8 Å². The lowest BCUT2D eigenvalue weighted by molar-refractivity contribution is -0.160. The van der Waals surface area contributed by atoms with Crippen LogP contribution in [-0.2, 0) is 14.3 Å². The van der Waals surface area contributed by atoms with Gasteiger partial charge < -0.3 is 19.1 Å². The molecule has 3 rings (SSSR count). The van der Waals surface area contributed by atoms with Crippen molar-refractivity contribution in [2.75, 3.05) is 26.3 Å². The zero-order valence-electron chi connectivity index (χ0n) is 21.4. The molecule has 0 saturated carbocycles. The van der Waals surface area contributed by atoms with Crippen LogP contribution >= 0.6 is 35.1 Å². The number of hydrogen-bond donors (Lipinski definition) is 1. The lowest BCUT2D eigenvalue weighted by Crippen LogP contribution is -2.41. The molecule has 0 aromatic heterocycles. The molecule has 1 amide bonds. The second-order valence-electron chi connectivity index (χ2n) is 10.5. The van der Waals surface area contributed by atoms with Crippen molar-refractivity contribution in [1.82, 2.24) is 9.62 Å². The number of likely N-dealkylation sites (tertiary alicyclic amines) is 1. The van der Waals surface area contributed by atoms with E-state index in [1.807, 2.05) is 24.8 Å². The van der Waals surface area contributed by atoms with E-state index >= 15 is 0 Å². The maximum atomic E-state index is 13.1. The highest BCUT2D eigenvalue weighted by Gasteiger charge is 2.40. The number of ether oxygens (including phenoxy) is 3. The summed E-state index contributed by atoms with van der Waals surface area (Å²) in [6, 6.07) is 3.65. The van der Waals surface area contributed by atoms with Crippen molar-refractivity contribution in [2.24, 2.45) is 5.92 Å². The standard InChI is InChI=1S/C26H38Cl2N2O4S/c1-7-13-32-21-15-20(28)19(27)14-18(21)23(29-35-25(2,3)4)17-9-8-11-30(12-10-17)24(31)22-16-33-26(5,6)34-22/h7,14-15,17,22-23,29H,1,8-13,16H2,2-6H3. The molecule has 6 nitrogen and oxygen atoms in total. The molecule has 1 aromatic rings. The van der Waals surface area contributed by atoms with Crippen molar-refractivity contribution >= 4 is 41.1 Å². The van der Waals surface area contributed by atoms with Gasteiger partial charge in [-0.1, -0.05) is 47.8 Å². The van der Waals surface area contributed by atoms with Gasteiger partial charge in [0.05, 0.1) is 16.7 Å². The van der Waals surface area contributed by atoms with Crippen LogP contribution < -0.4 is 9.46 Å². The minimum Gasteiger partial charge on any atom is -0.489 e. The Morgan fingerprint density at radius 2 is 2.03 bits per heavy atom. The summed E-state index contributed by atoms with van der Waals surface area (Å²) in [4.78, 5) is 15.1. The van der Waals surface area contributed by atoms with Gasteiger partial charge in [-0.3, -0.25) is 9.52 Å². The summed E-state index contributed by atoms with van der Waals surface area (Å²) in [7, 11) is 0. The fourth-order valence-electron chi connectivity index (χ4n) is 4.40. The maximum Gasteiger partial charge on any atom is 0.254 e. The van der Waals surface area contributed by atoms with Crippen LogP contribution in [0.3, 0.4) is 0 Å². The van der Waals surface area contributed by atoms with Crippen LogP contribution in [0, 0.1) is 5.92 Å². The minimum absolute atomic E-state index is 0.00865. The second kappa shape index (κ2) is 12.1. The number of benzene rings is 1. The molecule has 196 valence electrons. The molecule has 0 bridgehead atoms. The van der Waals surface area contributed by atoms with E-state index in [9.17, 15) is 4.79 Å². The molecular weight excluding hydrogens is 507 g/mol. The van der Waals surface area contributed by atoms with Crippen LogP contribution in [0.25, 0.3) is 0 Å². The van der Waals surface area contributed by atoms with E-state index in [-0.39, 0.29) is 22.6 Å². The number of halogens is 2. The first-order valence-electron chi connectivity index (χ1n) is 12.2. The van der Waals surface area contributed by atoms with Crippen molar-refractivity contribution in [3.63, 3.8) is 0 Å². The topological polar surface area (TPSA) is 60.0 Å². The van der Waals surface area contributed by atoms with Crippen LogP contribution in [0.5, 0.6) is 5.75 Å². The molecule has 0 aliphatic carbocycles. The van der Waals surface area contributed by atoms with E-state index in [0.717, 1.165) is 24.8 Å². The quantitative estimate of drug-likeness (QED) is 0.301. The fraction of sp³-hybridized carbons (Fsp3) is 0.654. The summed E-state index contributed by atoms with van der Waals surface area (Å²) in [5.41, 5.74) is 0.969. The molecule has 3 atom stereocenters. The molecule has 9 heteroatoms. The minimum atomic E-state index is -0.719. The number of rotatable bonds is 8. The molecule has 2 aliphatic heterocycles. The molecule has 2 fully saturated rings. The number of nitrogens with one attached hydrogen (secondary N) is 1. The summed E-state index contributed by atoms with van der Waals surface area (Å²) in [6.45, 7) is 16.0. The molecule has 0 spiro atoms. The second-order valence-corrected chi connectivity index (χ2v) is 13.0. The van der Waals surface area contributed by atoms with Crippen molar-refractivity contribution in [2.45, 2.75) is 76.6 Å².